The van der Waals surface area contributed by atoms with Gasteiger partial charge in [-0.05, 0) is 25.7 Å². The molecule has 1 aliphatic rings. The molecule has 26 heavy (non-hydrogen) atoms. The number of carbonyl (C=O) groups is 1. The van der Waals surface area contributed by atoms with E-state index in [1.54, 1.807) is 0 Å². The van der Waals surface area contributed by atoms with Gasteiger partial charge in [-0.1, -0.05) is 104 Å². The molecule has 1 saturated carbocycles. The summed E-state index contributed by atoms with van der Waals surface area (Å²) in [7, 11) is 0. The molecule has 1 fully saturated rings. The molecule has 0 heterocycles. The van der Waals surface area contributed by atoms with Crippen LogP contribution in [0.15, 0.2) is 0 Å². The molecule has 0 aliphatic heterocycles. The summed E-state index contributed by atoms with van der Waals surface area (Å²) in [6.45, 7) is 6.58. The van der Waals surface area contributed by atoms with E-state index in [-0.39, 0.29) is 0 Å². The molecule has 0 spiro atoms. The Labute approximate surface area is 164 Å². The van der Waals surface area contributed by atoms with Crippen molar-refractivity contribution >= 4 is 5.91 Å². The van der Waals surface area contributed by atoms with Gasteiger partial charge >= 0.3 is 0 Å². The number of unbranched alkanes of at least 4 members (excludes halogenated alkanes) is 14. The topological polar surface area (TPSA) is 20.3 Å². The van der Waals surface area contributed by atoms with Gasteiger partial charge in [-0.25, -0.2) is 0 Å². The fourth-order valence-corrected chi connectivity index (χ4v) is 3.79. The van der Waals surface area contributed by atoms with Crippen LogP contribution in [0, 0.1) is 5.92 Å². The van der Waals surface area contributed by atoms with Crippen molar-refractivity contribution in [3.63, 3.8) is 0 Å². The lowest BCUT2D eigenvalue weighted by Crippen LogP contribution is -2.34. The Morgan fingerprint density at radius 1 is 0.615 bits per heavy atom. The first-order valence-electron chi connectivity index (χ1n) is 12.1. The third-order valence-corrected chi connectivity index (χ3v) is 5.80. The minimum Gasteiger partial charge on any atom is -0.342 e. The Bertz CT molecular complexity index is 304. The van der Waals surface area contributed by atoms with Crippen molar-refractivity contribution in [2.24, 2.45) is 5.92 Å². The quantitative estimate of drug-likeness (QED) is 0.217. The molecule has 0 bridgehead atoms. The molecule has 0 radical (unpaired) electrons. The van der Waals surface area contributed by atoms with Gasteiger partial charge in [-0.2, -0.15) is 0 Å². The highest BCUT2D eigenvalue weighted by atomic mass is 16.2. The molecular formula is C24H47NO. The number of hydrogen-bond acceptors (Lipinski definition) is 1. The third kappa shape index (κ3) is 12.8. The second kappa shape index (κ2) is 16.6. The van der Waals surface area contributed by atoms with Gasteiger partial charge in [0.05, 0.1) is 0 Å². The molecule has 0 saturated heterocycles. The predicted molar refractivity (Wildman–Crippen MR) is 115 cm³/mol. The maximum absolute atomic E-state index is 12.5. The van der Waals surface area contributed by atoms with Crippen LogP contribution < -0.4 is 0 Å². The van der Waals surface area contributed by atoms with Gasteiger partial charge in [-0.15, -0.1) is 0 Å². The highest BCUT2D eigenvalue weighted by Gasteiger charge is 2.32. The lowest BCUT2D eigenvalue weighted by Gasteiger charge is -2.23. The van der Waals surface area contributed by atoms with E-state index in [2.05, 4.69) is 18.7 Å². The monoisotopic (exact) mass is 365 g/mol. The normalized spacial score (nSPS) is 13.9. The second-order valence-corrected chi connectivity index (χ2v) is 8.55. The Morgan fingerprint density at radius 3 is 1.31 bits per heavy atom. The zero-order chi connectivity index (χ0) is 18.9. The molecule has 154 valence electrons. The smallest absolute Gasteiger partial charge is 0.225 e. The van der Waals surface area contributed by atoms with Crippen LogP contribution in [0.4, 0.5) is 0 Å². The number of carbonyl (C=O) groups excluding carboxylic acids is 1. The summed E-state index contributed by atoms with van der Waals surface area (Å²) in [5.41, 5.74) is 0. The molecule has 0 N–H and O–H groups in total. The van der Waals surface area contributed by atoms with Crippen LogP contribution in [-0.2, 0) is 4.79 Å². The fraction of sp³-hybridized carbons (Fsp3) is 0.958. The van der Waals surface area contributed by atoms with Crippen LogP contribution in [0.3, 0.4) is 0 Å². The van der Waals surface area contributed by atoms with Crippen molar-refractivity contribution in [3.05, 3.63) is 0 Å². The maximum atomic E-state index is 12.5. The summed E-state index contributed by atoms with van der Waals surface area (Å²) in [6.07, 6.45) is 23.8. The molecule has 0 unspecified atom stereocenters. The Balaban J connectivity index is 2.05. The van der Waals surface area contributed by atoms with E-state index in [0.717, 1.165) is 25.9 Å². The van der Waals surface area contributed by atoms with E-state index in [0.29, 0.717) is 11.8 Å². The van der Waals surface area contributed by atoms with Gasteiger partial charge < -0.3 is 4.90 Å². The molecule has 2 nitrogen and oxygen atoms in total. The summed E-state index contributed by atoms with van der Waals surface area (Å²) in [5, 5.41) is 0. The Hall–Kier alpha value is -0.530. The van der Waals surface area contributed by atoms with Crippen LogP contribution >= 0.6 is 0 Å². The largest absolute Gasteiger partial charge is 0.342 e. The first kappa shape index (κ1) is 23.5. The van der Waals surface area contributed by atoms with E-state index in [1.165, 1.54) is 103 Å². The summed E-state index contributed by atoms with van der Waals surface area (Å²) in [4.78, 5) is 14.7. The van der Waals surface area contributed by atoms with E-state index in [4.69, 9.17) is 0 Å². The highest BCUT2D eigenvalue weighted by Crippen LogP contribution is 2.31. The second-order valence-electron chi connectivity index (χ2n) is 8.55. The van der Waals surface area contributed by atoms with Crippen molar-refractivity contribution in [2.45, 2.75) is 129 Å². The van der Waals surface area contributed by atoms with Crippen molar-refractivity contribution in [1.82, 2.24) is 4.90 Å². The molecule has 0 atom stereocenters. The first-order valence-corrected chi connectivity index (χ1v) is 12.1. The van der Waals surface area contributed by atoms with Gasteiger partial charge in [0.2, 0.25) is 5.91 Å². The van der Waals surface area contributed by atoms with Crippen molar-refractivity contribution in [2.75, 3.05) is 13.1 Å². The van der Waals surface area contributed by atoms with Gasteiger partial charge in [0.15, 0.2) is 0 Å². The predicted octanol–water partition coefficient (Wildman–Crippen LogP) is 7.51. The molecule has 1 rings (SSSR count). The summed E-state index contributed by atoms with van der Waals surface area (Å²) in [6, 6.07) is 0. The van der Waals surface area contributed by atoms with E-state index >= 15 is 0 Å². The van der Waals surface area contributed by atoms with Crippen molar-refractivity contribution in [3.8, 4) is 0 Å². The van der Waals surface area contributed by atoms with Gasteiger partial charge in [0, 0.05) is 19.0 Å². The van der Waals surface area contributed by atoms with Gasteiger partial charge in [0.25, 0.3) is 0 Å². The van der Waals surface area contributed by atoms with Crippen molar-refractivity contribution < 1.29 is 4.79 Å². The minimum absolute atomic E-state index is 0.387. The standard InChI is InChI=1S/C24H47NO/c1-3-5-7-9-11-13-15-17-21-25(24(26)23-19-20-23)22-18-16-14-12-10-8-6-4-2/h23H,3-22H2,1-2H3. The first-order chi connectivity index (χ1) is 12.8. The number of nitrogens with zero attached hydrogens (tertiary/aromatic N) is 1. The average molecular weight is 366 g/mol. The highest BCUT2D eigenvalue weighted by molar-refractivity contribution is 5.81. The van der Waals surface area contributed by atoms with Crippen molar-refractivity contribution in [1.29, 1.82) is 0 Å². The Morgan fingerprint density at radius 2 is 0.962 bits per heavy atom. The van der Waals surface area contributed by atoms with Crippen LogP contribution in [0.2, 0.25) is 0 Å². The molecule has 0 aromatic heterocycles. The maximum Gasteiger partial charge on any atom is 0.225 e. The molecule has 1 aliphatic carbocycles. The van der Waals surface area contributed by atoms with E-state index < -0.39 is 0 Å². The average Bonchev–Trinajstić information content (AvgIpc) is 3.49. The van der Waals surface area contributed by atoms with E-state index in [9.17, 15) is 4.79 Å². The summed E-state index contributed by atoms with van der Waals surface area (Å²) in [5.74, 6) is 0.856. The minimum atomic E-state index is 0.387. The van der Waals surface area contributed by atoms with Gasteiger partial charge in [-0.3, -0.25) is 4.79 Å². The summed E-state index contributed by atoms with van der Waals surface area (Å²) >= 11 is 0. The Kier molecular flexibility index (Phi) is 15.0. The number of hydrogen-bond donors (Lipinski definition) is 0. The molecule has 0 aromatic rings. The SMILES string of the molecule is CCCCCCCCCCN(CCCCCCCCCC)C(=O)C1CC1. The van der Waals surface area contributed by atoms with Crippen LogP contribution in [-0.4, -0.2) is 23.9 Å². The van der Waals surface area contributed by atoms with Gasteiger partial charge in [0.1, 0.15) is 0 Å². The molecule has 0 aromatic carbocycles. The third-order valence-electron chi connectivity index (χ3n) is 5.80. The molecular weight excluding hydrogens is 318 g/mol. The lowest BCUT2D eigenvalue weighted by molar-refractivity contribution is -0.132. The van der Waals surface area contributed by atoms with Crippen LogP contribution in [0.25, 0.3) is 0 Å². The fourth-order valence-electron chi connectivity index (χ4n) is 3.79. The number of rotatable bonds is 19. The zero-order valence-corrected chi connectivity index (χ0v) is 18.1. The molecule has 2 heteroatoms. The lowest BCUT2D eigenvalue weighted by atomic mass is 10.1. The number of amides is 1. The summed E-state index contributed by atoms with van der Waals surface area (Å²) < 4.78 is 0. The molecule has 1 amide bonds. The zero-order valence-electron chi connectivity index (χ0n) is 18.1. The van der Waals surface area contributed by atoms with Crippen LogP contribution in [0.1, 0.15) is 129 Å². The van der Waals surface area contributed by atoms with Crippen LogP contribution in [0.5, 0.6) is 0 Å². The van der Waals surface area contributed by atoms with E-state index in [1.807, 2.05) is 0 Å².